The molecule has 0 radical (unpaired) electrons. The molecule has 5 heteroatoms. The summed E-state index contributed by atoms with van der Waals surface area (Å²) in [7, 11) is 1.63. The number of aromatic nitrogens is 1. The molecule has 17 heavy (non-hydrogen) atoms. The van der Waals surface area contributed by atoms with E-state index in [0.29, 0.717) is 24.8 Å². The van der Waals surface area contributed by atoms with Gasteiger partial charge in [0.25, 0.3) is 0 Å². The van der Waals surface area contributed by atoms with Crippen LogP contribution in [0.3, 0.4) is 0 Å². The normalized spacial score (nSPS) is 13.7. The van der Waals surface area contributed by atoms with Gasteiger partial charge in [0.2, 0.25) is 0 Å². The predicted molar refractivity (Wildman–Crippen MR) is 61.4 cm³/mol. The molecular formula is C12H12N2O3. The highest BCUT2D eigenvalue weighted by Gasteiger charge is 2.18. The molecule has 0 amide bonds. The second-order valence-electron chi connectivity index (χ2n) is 3.93. The number of ether oxygens (including phenoxy) is 2. The van der Waals surface area contributed by atoms with Gasteiger partial charge in [0.1, 0.15) is 5.75 Å². The quantitative estimate of drug-likeness (QED) is 0.857. The Morgan fingerprint density at radius 2 is 2.00 bits per heavy atom. The number of nitrogens with two attached hydrogens (primary N) is 1. The molecule has 1 aromatic heterocycles. The van der Waals surface area contributed by atoms with Crippen LogP contribution in [-0.2, 0) is 18.0 Å². The van der Waals surface area contributed by atoms with Crippen LogP contribution in [-0.4, -0.2) is 12.3 Å². The first-order valence-corrected chi connectivity index (χ1v) is 5.28. The van der Waals surface area contributed by atoms with Gasteiger partial charge in [-0.25, -0.2) is 0 Å². The molecule has 88 valence electrons. The summed E-state index contributed by atoms with van der Waals surface area (Å²) in [5, 5.41) is 3.68. The Bertz CT molecular complexity index is 563. The van der Waals surface area contributed by atoms with Crippen molar-refractivity contribution >= 4 is 5.82 Å². The molecule has 0 bridgehead atoms. The summed E-state index contributed by atoms with van der Waals surface area (Å²) >= 11 is 0. The van der Waals surface area contributed by atoms with Crippen LogP contribution in [0.4, 0.5) is 5.82 Å². The van der Waals surface area contributed by atoms with Gasteiger partial charge < -0.3 is 19.7 Å². The van der Waals surface area contributed by atoms with Crippen molar-refractivity contribution in [3.8, 4) is 17.1 Å². The lowest BCUT2D eigenvalue weighted by Gasteiger charge is -2.08. The Hall–Kier alpha value is -2.01. The lowest BCUT2D eigenvalue weighted by Crippen LogP contribution is -1.91. The molecular weight excluding hydrogens is 220 g/mol. The van der Waals surface area contributed by atoms with E-state index in [9.17, 15) is 0 Å². The average molecular weight is 232 g/mol. The van der Waals surface area contributed by atoms with E-state index >= 15 is 0 Å². The van der Waals surface area contributed by atoms with Gasteiger partial charge in [-0.1, -0.05) is 5.16 Å². The standard InChI is InChI=1S/C12H12N2O3/c1-15-10-3-8-6-16-5-7(8)2-9(10)11-4-12(13)14-17-11/h2-4H,5-6H2,1H3,(H2,13,14). The van der Waals surface area contributed by atoms with Gasteiger partial charge in [-0.15, -0.1) is 0 Å². The number of hydrogen-bond donors (Lipinski definition) is 1. The van der Waals surface area contributed by atoms with Crippen molar-refractivity contribution in [1.29, 1.82) is 0 Å². The van der Waals surface area contributed by atoms with E-state index in [1.165, 1.54) is 0 Å². The first-order chi connectivity index (χ1) is 8.28. The van der Waals surface area contributed by atoms with Gasteiger partial charge in [0, 0.05) is 6.07 Å². The van der Waals surface area contributed by atoms with E-state index in [1.54, 1.807) is 13.2 Å². The lowest BCUT2D eigenvalue weighted by molar-refractivity contribution is 0.134. The van der Waals surface area contributed by atoms with Gasteiger partial charge >= 0.3 is 0 Å². The van der Waals surface area contributed by atoms with E-state index in [4.69, 9.17) is 19.7 Å². The Labute approximate surface area is 98.1 Å². The van der Waals surface area contributed by atoms with Crippen molar-refractivity contribution in [2.45, 2.75) is 13.2 Å². The Morgan fingerprint density at radius 1 is 1.24 bits per heavy atom. The molecule has 2 aromatic rings. The maximum Gasteiger partial charge on any atom is 0.172 e. The second-order valence-corrected chi connectivity index (χ2v) is 3.93. The van der Waals surface area contributed by atoms with Crippen molar-refractivity contribution in [3.05, 3.63) is 29.3 Å². The van der Waals surface area contributed by atoms with Crippen molar-refractivity contribution in [2.75, 3.05) is 12.8 Å². The molecule has 0 spiro atoms. The first kappa shape index (κ1) is 10.2. The first-order valence-electron chi connectivity index (χ1n) is 5.28. The summed E-state index contributed by atoms with van der Waals surface area (Å²) in [6, 6.07) is 5.65. The SMILES string of the molecule is COc1cc2c(cc1-c1cc(N)no1)COC2. The van der Waals surface area contributed by atoms with E-state index in [0.717, 1.165) is 22.4 Å². The monoisotopic (exact) mass is 232 g/mol. The molecule has 3 rings (SSSR count). The molecule has 1 aromatic carbocycles. The highest BCUT2D eigenvalue weighted by molar-refractivity contribution is 5.69. The maximum atomic E-state index is 5.55. The van der Waals surface area contributed by atoms with E-state index in [2.05, 4.69) is 5.16 Å². The van der Waals surface area contributed by atoms with Crippen molar-refractivity contribution in [3.63, 3.8) is 0 Å². The molecule has 0 fully saturated rings. The highest BCUT2D eigenvalue weighted by Crippen LogP contribution is 2.36. The van der Waals surface area contributed by atoms with Crippen LogP contribution in [0.1, 0.15) is 11.1 Å². The van der Waals surface area contributed by atoms with Gasteiger partial charge in [0.15, 0.2) is 11.6 Å². The third-order valence-corrected chi connectivity index (χ3v) is 2.83. The summed E-state index contributed by atoms with van der Waals surface area (Å²) in [5.74, 6) is 1.71. The van der Waals surface area contributed by atoms with Crippen LogP contribution < -0.4 is 10.5 Å². The number of nitrogens with zero attached hydrogens (tertiary/aromatic N) is 1. The highest BCUT2D eigenvalue weighted by atomic mass is 16.5. The fourth-order valence-corrected chi connectivity index (χ4v) is 1.98. The largest absolute Gasteiger partial charge is 0.496 e. The smallest absolute Gasteiger partial charge is 0.172 e. The number of nitrogen functional groups attached to an aromatic ring is 1. The van der Waals surface area contributed by atoms with Crippen LogP contribution in [0.15, 0.2) is 22.7 Å². The molecule has 5 nitrogen and oxygen atoms in total. The molecule has 0 atom stereocenters. The van der Waals surface area contributed by atoms with Gasteiger partial charge in [0.05, 0.1) is 25.9 Å². The van der Waals surface area contributed by atoms with Gasteiger partial charge in [-0.3, -0.25) is 0 Å². The average Bonchev–Trinajstić information content (AvgIpc) is 2.94. The zero-order chi connectivity index (χ0) is 11.8. The van der Waals surface area contributed by atoms with Crippen molar-refractivity contribution in [2.24, 2.45) is 0 Å². The Kier molecular flexibility index (Phi) is 2.26. The minimum absolute atomic E-state index is 0.360. The Morgan fingerprint density at radius 3 is 2.65 bits per heavy atom. The van der Waals surface area contributed by atoms with Crippen molar-refractivity contribution in [1.82, 2.24) is 5.16 Å². The zero-order valence-corrected chi connectivity index (χ0v) is 9.40. The molecule has 0 saturated carbocycles. The van der Waals surface area contributed by atoms with Crippen LogP contribution in [0.2, 0.25) is 0 Å². The van der Waals surface area contributed by atoms with Gasteiger partial charge in [-0.05, 0) is 23.3 Å². The maximum absolute atomic E-state index is 5.55. The molecule has 1 aliphatic heterocycles. The van der Waals surface area contributed by atoms with Crippen LogP contribution in [0, 0.1) is 0 Å². The number of benzene rings is 1. The predicted octanol–water partition coefficient (Wildman–Crippen LogP) is 1.96. The molecule has 0 aliphatic carbocycles. The number of methoxy groups -OCH3 is 1. The number of anilines is 1. The van der Waals surface area contributed by atoms with E-state index in [-0.39, 0.29) is 0 Å². The minimum atomic E-state index is 0.360. The molecule has 0 unspecified atom stereocenters. The molecule has 0 saturated heterocycles. The van der Waals surface area contributed by atoms with Crippen LogP contribution in [0.5, 0.6) is 5.75 Å². The summed E-state index contributed by atoms with van der Waals surface area (Å²) < 4.78 is 15.9. The molecule has 1 aliphatic rings. The molecule has 2 heterocycles. The number of rotatable bonds is 2. The topological polar surface area (TPSA) is 70.5 Å². The Balaban J connectivity index is 2.15. The van der Waals surface area contributed by atoms with Crippen LogP contribution >= 0.6 is 0 Å². The lowest BCUT2D eigenvalue weighted by atomic mass is 10.0. The summed E-state index contributed by atoms with van der Waals surface area (Å²) in [5.41, 5.74) is 8.70. The minimum Gasteiger partial charge on any atom is -0.496 e. The fraction of sp³-hybridized carbons (Fsp3) is 0.250. The number of hydrogen-bond acceptors (Lipinski definition) is 5. The summed E-state index contributed by atoms with van der Waals surface area (Å²) in [6.45, 7) is 1.25. The third kappa shape index (κ3) is 1.64. The fourth-order valence-electron chi connectivity index (χ4n) is 1.98. The number of fused-ring (bicyclic) bond motifs is 1. The summed E-state index contributed by atoms with van der Waals surface area (Å²) in [6.07, 6.45) is 0. The zero-order valence-electron chi connectivity index (χ0n) is 9.40. The van der Waals surface area contributed by atoms with E-state index < -0.39 is 0 Å². The van der Waals surface area contributed by atoms with E-state index in [1.807, 2.05) is 12.1 Å². The molecule has 2 N–H and O–H groups in total. The van der Waals surface area contributed by atoms with Crippen LogP contribution in [0.25, 0.3) is 11.3 Å². The summed E-state index contributed by atoms with van der Waals surface area (Å²) in [4.78, 5) is 0. The van der Waals surface area contributed by atoms with Crippen molar-refractivity contribution < 1.29 is 14.0 Å². The van der Waals surface area contributed by atoms with Gasteiger partial charge in [-0.2, -0.15) is 0 Å². The second kappa shape index (κ2) is 3.78. The third-order valence-electron chi connectivity index (χ3n) is 2.83.